The fourth-order valence-electron chi connectivity index (χ4n) is 1.06. The molecule has 0 saturated heterocycles. The minimum atomic E-state index is 0.0475. The molecular weight excluding hydrogens is 172 g/mol. The highest BCUT2D eigenvalue weighted by Gasteiger charge is 1.97. The van der Waals surface area contributed by atoms with E-state index in [9.17, 15) is 4.79 Å². The number of benzene rings is 1. The van der Waals surface area contributed by atoms with Gasteiger partial charge in [-0.25, -0.2) is 0 Å². The summed E-state index contributed by atoms with van der Waals surface area (Å²) >= 11 is 0. The Balaban J connectivity index is 2.59. The molecule has 0 aliphatic carbocycles. The summed E-state index contributed by atoms with van der Waals surface area (Å²) in [5, 5.41) is 0. The monoisotopic (exact) mass is 186 g/mol. The van der Waals surface area contributed by atoms with Gasteiger partial charge < -0.3 is 0 Å². The molecule has 14 heavy (non-hydrogen) atoms. The molecule has 0 aromatic heterocycles. The predicted octanol–water partition coefficient (Wildman–Crippen LogP) is 3.39. The highest BCUT2D eigenvalue weighted by molar-refractivity contribution is 6.04. The van der Waals surface area contributed by atoms with Gasteiger partial charge in [-0.2, -0.15) is 0 Å². The third kappa shape index (κ3) is 3.40. The lowest BCUT2D eigenvalue weighted by molar-refractivity contribution is 0.104. The predicted molar refractivity (Wildman–Crippen MR) is 59.3 cm³/mol. The van der Waals surface area contributed by atoms with Crippen LogP contribution in [0.3, 0.4) is 0 Å². The first-order chi connectivity index (χ1) is 6.84. The second-order valence-corrected chi connectivity index (χ2v) is 2.93. The fraction of sp³-hybridized carbons (Fsp3) is 0.154. The van der Waals surface area contributed by atoms with Gasteiger partial charge in [0.05, 0.1) is 0 Å². The molecule has 1 nitrogen and oxygen atoms in total. The van der Waals surface area contributed by atoms with Gasteiger partial charge in [-0.1, -0.05) is 55.5 Å². The number of hydrogen-bond donors (Lipinski definition) is 0. The van der Waals surface area contributed by atoms with Crippen LogP contribution in [0.25, 0.3) is 0 Å². The van der Waals surface area contributed by atoms with Crippen LogP contribution >= 0.6 is 0 Å². The first kappa shape index (κ1) is 10.5. The quantitative estimate of drug-likeness (QED) is 0.400. The van der Waals surface area contributed by atoms with Gasteiger partial charge in [-0.15, -0.1) is 0 Å². The summed E-state index contributed by atoms with van der Waals surface area (Å²) in [6.45, 7) is 2.06. The Morgan fingerprint density at radius 3 is 2.57 bits per heavy atom. The summed E-state index contributed by atoms with van der Waals surface area (Å²) < 4.78 is 0. The third-order valence-electron chi connectivity index (χ3n) is 1.79. The summed E-state index contributed by atoms with van der Waals surface area (Å²) in [5.74, 6) is 0.0475. The van der Waals surface area contributed by atoms with E-state index in [2.05, 4.69) is 6.92 Å². The van der Waals surface area contributed by atoms with E-state index in [1.54, 1.807) is 12.2 Å². The topological polar surface area (TPSA) is 17.1 Å². The van der Waals surface area contributed by atoms with E-state index >= 15 is 0 Å². The van der Waals surface area contributed by atoms with Crippen LogP contribution in [0.1, 0.15) is 23.7 Å². The third-order valence-corrected chi connectivity index (χ3v) is 1.79. The molecule has 0 atom stereocenters. The largest absolute Gasteiger partial charge is 0.289 e. The second kappa shape index (κ2) is 5.92. The number of carbonyl (C=O) groups is 1. The molecule has 72 valence electrons. The van der Waals surface area contributed by atoms with E-state index in [4.69, 9.17) is 0 Å². The highest BCUT2D eigenvalue weighted by atomic mass is 16.1. The van der Waals surface area contributed by atoms with Crippen LogP contribution in [0.2, 0.25) is 0 Å². The fourth-order valence-corrected chi connectivity index (χ4v) is 1.06. The molecule has 1 aromatic carbocycles. The highest BCUT2D eigenvalue weighted by Crippen LogP contribution is 2.00. The second-order valence-electron chi connectivity index (χ2n) is 2.93. The van der Waals surface area contributed by atoms with Crippen molar-refractivity contribution in [2.45, 2.75) is 13.3 Å². The molecule has 0 amide bonds. The molecule has 0 aliphatic rings. The van der Waals surface area contributed by atoms with Crippen LogP contribution < -0.4 is 0 Å². The Labute approximate surface area is 84.8 Å². The molecule has 0 unspecified atom stereocenters. The van der Waals surface area contributed by atoms with Crippen LogP contribution in [0.4, 0.5) is 0 Å². The van der Waals surface area contributed by atoms with E-state index in [0.717, 1.165) is 12.0 Å². The van der Waals surface area contributed by atoms with Crippen molar-refractivity contribution in [3.63, 3.8) is 0 Å². The molecule has 1 aromatic rings. The Kier molecular flexibility index (Phi) is 4.42. The van der Waals surface area contributed by atoms with Gasteiger partial charge in [0.2, 0.25) is 0 Å². The summed E-state index contributed by atoms with van der Waals surface area (Å²) in [6.07, 6.45) is 8.25. The van der Waals surface area contributed by atoms with Gasteiger partial charge in [0.15, 0.2) is 5.78 Å². The Bertz CT molecular complexity index is 334. The zero-order valence-corrected chi connectivity index (χ0v) is 8.31. The lowest BCUT2D eigenvalue weighted by Gasteiger charge is -1.92. The van der Waals surface area contributed by atoms with Crippen LogP contribution in [0.5, 0.6) is 0 Å². The van der Waals surface area contributed by atoms with Crippen molar-refractivity contribution in [1.29, 1.82) is 0 Å². The maximum Gasteiger partial charge on any atom is 0.185 e. The Morgan fingerprint density at radius 1 is 1.21 bits per heavy atom. The Morgan fingerprint density at radius 2 is 1.93 bits per heavy atom. The number of carbonyl (C=O) groups excluding carboxylic acids is 1. The molecule has 0 saturated carbocycles. The van der Waals surface area contributed by atoms with Gasteiger partial charge in [0.25, 0.3) is 0 Å². The van der Waals surface area contributed by atoms with Crippen molar-refractivity contribution in [2.24, 2.45) is 0 Å². The standard InChI is InChI=1S/C13H14O/c1-2-3-4-8-11-13(14)12-9-6-5-7-10-12/h3-11H,2H2,1H3/b4-3-,11-8+. The zero-order valence-electron chi connectivity index (χ0n) is 8.31. The zero-order chi connectivity index (χ0) is 10.2. The number of allylic oxidation sites excluding steroid dienone is 4. The average Bonchev–Trinajstić information content (AvgIpc) is 2.25. The average molecular weight is 186 g/mol. The smallest absolute Gasteiger partial charge is 0.185 e. The maximum absolute atomic E-state index is 11.5. The van der Waals surface area contributed by atoms with Crippen molar-refractivity contribution >= 4 is 5.78 Å². The summed E-state index contributed by atoms with van der Waals surface area (Å²) in [5.41, 5.74) is 0.730. The lowest BCUT2D eigenvalue weighted by atomic mass is 10.1. The van der Waals surface area contributed by atoms with Crippen molar-refractivity contribution in [3.05, 3.63) is 60.2 Å². The van der Waals surface area contributed by atoms with Gasteiger partial charge in [0.1, 0.15) is 0 Å². The minimum Gasteiger partial charge on any atom is -0.289 e. The van der Waals surface area contributed by atoms with Gasteiger partial charge >= 0.3 is 0 Å². The first-order valence-electron chi connectivity index (χ1n) is 4.77. The number of hydrogen-bond acceptors (Lipinski definition) is 1. The van der Waals surface area contributed by atoms with E-state index in [0.29, 0.717) is 0 Å². The molecule has 0 bridgehead atoms. The van der Waals surface area contributed by atoms with Crippen molar-refractivity contribution in [3.8, 4) is 0 Å². The van der Waals surface area contributed by atoms with E-state index in [-0.39, 0.29) is 5.78 Å². The molecule has 0 fully saturated rings. The summed E-state index contributed by atoms with van der Waals surface area (Å²) in [6, 6.07) is 9.26. The molecular formula is C13H14O. The SMILES string of the molecule is CC/C=C\C=C\C(=O)c1ccccc1. The van der Waals surface area contributed by atoms with Crippen LogP contribution in [-0.4, -0.2) is 5.78 Å². The van der Waals surface area contributed by atoms with E-state index in [1.165, 1.54) is 0 Å². The number of ketones is 1. The molecule has 0 aliphatic heterocycles. The van der Waals surface area contributed by atoms with Crippen LogP contribution in [0, 0.1) is 0 Å². The van der Waals surface area contributed by atoms with Crippen molar-refractivity contribution < 1.29 is 4.79 Å². The maximum atomic E-state index is 11.5. The van der Waals surface area contributed by atoms with E-state index < -0.39 is 0 Å². The van der Waals surface area contributed by atoms with Crippen LogP contribution in [-0.2, 0) is 0 Å². The number of rotatable bonds is 4. The van der Waals surface area contributed by atoms with E-state index in [1.807, 2.05) is 42.5 Å². The molecule has 0 N–H and O–H groups in total. The molecule has 1 rings (SSSR count). The van der Waals surface area contributed by atoms with Gasteiger partial charge in [0, 0.05) is 5.56 Å². The molecule has 1 heteroatoms. The van der Waals surface area contributed by atoms with Gasteiger partial charge in [-0.3, -0.25) is 4.79 Å². The molecule has 0 radical (unpaired) electrons. The summed E-state index contributed by atoms with van der Waals surface area (Å²) in [4.78, 5) is 11.5. The molecule has 0 heterocycles. The van der Waals surface area contributed by atoms with Gasteiger partial charge in [-0.05, 0) is 12.5 Å². The molecule has 0 spiro atoms. The minimum absolute atomic E-state index is 0.0475. The summed E-state index contributed by atoms with van der Waals surface area (Å²) in [7, 11) is 0. The first-order valence-corrected chi connectivity index (χ1v) is 4.77. The normalized spacial score (nSPS) is 11.2. The van der Waals surface area contributed by atoms with Crippen molar-refractivity contribution in [2.75, 3.05) is 0 Å². The van der Waals surface area contributed by atoms with Crippen molar-refractivity contribution in [1.82, 2.24) is 0 Å². The Hall–Kier alpha value is -1.63. The lowest BCUT2D eigenvalue weighted by Crippen LogP contribution is -1.92. The van der Waals surface area contributed by atoms with Crippen LogP contribution in [0.15, 0.2) is 54.6 Å².